The van der Waals surface area contributed by atoms with Gasteiger partial charge in [0.2, 0.25) is 0 Å². The number of hydrogen-bond acceptors (Lipinski definition) is 3. The lowest BCUT2D eigenvalue weighted by Gasteiger charge is -2.12. The lowest BCUT2D eigenvalue weighted by Crippen LogP contribution is -2.39. The fraction of sp³-hybridized carbons (Fsp3) is 0.105. The maximum atomic E-state index is 12.9. The molecule has 0 saturated heterocycles. The third kappa shape index (κ3) is 4.72. The van der Waals surface area contributed by atoms with Gasteiger partial charge in [0.05, 0.1) is 15.6 Å². The summed E-state index contributed by atoms with van der Waals surface area (Å²) in [6, 6.07) is 11.5. The van der Waals surface area contributed by atoms with Crippen molar-refractivity contribution in [2.45, 2.75) is 6.92 Å². The quantitative estimate of drug-likeness (QED) is 0.472. The molecule has 0 spiro atoms. The van der Waals surface area contributed by atoms with E-state index in [9.17, 15) is 14.4 Å². The zero-order chi connectivity index (χ0) is 21.1. The molecule has 0 aliphatic carbocycles. The number of carbonyl (C=O) groups is 3. The van der Waals surface area contributed by atoms with Crippen LogP contribution in [0.25, 0.3) is 10.9 Å². The summed E-state index contributed by atoms with van der Waals surface area (Å²) in [6.45, 7) is 2.00. The lowest BCUT2D eigenvalue weighted by molar-refractivity contribution is -0.136. The molecule has 3 N–H and O–H groups in total. The van der Waals surface area contributed by atoms with Crippen molar-refractivity contribution in [2.75, 3.05) is 17.3 Å². The van der Waals surface area contributed by atoms with E-state index in [1.807, 2.05) is 0 Å². The average molecular weight is 498 g/mol. The molecule has 0 aliphatic rings. The molecule has 2 aromatic carbocycles. The molecule has 3 rings (SSSR count). The number of amides is 3. The molecule has 0 radical (unpaired) electrons. The normalized spacial score (nSPS) is 10.6. The Kier molecular flexibility index (Phi) is 6.46. The Morgan fingerprint density at radius 2 is 1.76 bits per heavy atom. The first kappa shape index (κ1) is 21.2. The number of fused-ring (bicyclic) bond motifs is 1. The van der Waals surface area contributed by atoms with Gasteiger partial charge in [-0.1, -0.05) is 39.1 Å². The highest BCUT2D eigenvalue weighted by atomic mass is 79.9. The fourth-order valence-electron chi connectivity index (χ4n) is 2.64. The van der Waals surface area contributed by atoms with Crippen LogP contribution in [0.5, 0.6) is 0 Å². The highest BCUT2D eigenvalue weighted by Gasteiger charge is 2.21. The monoisotopic (exact) mass is 496 g/mol. The Balaban J connectivity index is 1.98. The molecular weight excluding hydrogens is 483 g/mol. The minimum absolute atomic E-state index is 0.127. The molecule has 0 bridgehead atoms. The van der Waals surface area contributed by atoms with Crippen LogP contribution in [0.3, 0.4) is 0 Å². The summed E-state index contributed by atoms with van der Waals surface area (Å²) in [7, 11) is 0. The molecule has 150 valence electrons. The van der Waals surface area contributed by atoms with E-state index in [2.05, 4.69) is 32.0 Å². The highest BCUT2D eigenvalue weighted by molar-refractivity contribution is 9.10. The Labute approximate surface area is 184 Å². The Hall–Kier alpha value is -2.55. The van der Waals surface area contributed by atoms with Crippen LogP contribution in [0.2, 0.25) is 10.0 Å². The van der Waals surface area contributed by atoms with Gasteiger partial charge in [-0.25, -0.2) is 4.68 Å². The molecule has 3 aromatic rings. The maximum absolute atomic E-state index is 12.9. The summed E-state index contributed by atoms with van der Waals surface area (Å²) >= 11 is 15.3. The van der Waals surface area contributed by atoms with E-state index in [1.165, 1.54) is 10.7 Å². The van der Waals surface area contributed by atoms with Crippen LogP contribution in [-0.2, 0) is 9.59 Å². The van der Waals surface area contributed by atoms with Gasteiger partial charge in [0.15, 0.2) is 0 Å². The van der Waals surface area contributed by atoms with Gasteiger partial charge in [-0.3, -0.25) is 19.8 Å². The average Bonchev–Trinajstić information content (AvgIpc) is 3.02. The summed E-state index contributed by atoms with van der Waals surface area (Å²) in [6.07, 6.45) is 0. The molecule has 0 atom stereocenters. The molecule has 29 heavy (non-hydrogen) atoms. The number of rotatable bonds is 4. The van der Waals surface area contributed by atoms with Crippen molar-refractivity contribution < 1.29 is 14.4 Å². The van der Waals surface area contributed by atoms with Crippen LogP contribution >= 0.6 is 39.1 Å². The van der Waals surface area contributed by atoms with Crippen LogP contribution in [-0.4, -0.2) is 28.9 Å². The van der Waals surface area contributed by atoms with Crippen molar-refractivity contribution in [3.05, 3.63) is 62.7 Å². The second-order valence-corrected chi connectivity index (χ2v) is 7.68. The van der Waals surface area contributed by atoms with E-state index in [0.29, 0.717) is 33.2 Å². The molecule has 7 nitrogen and oxygen atoms in total. The van der Waals surface area contributed by atoms with Gasteiger partial charge < -0.3 is 10.6 Å². The predicted molar refractivity (Wildman–Crippen MR) is 117 cm³/mol. The summed E-state index contributed by atoms with van der Waals surface area (Å²) in [4.78, 5) is 36.9. The SMILES string of the molecule is CCNC(=O)C(=O)Nn1c(C(=O)Nc2ccc(Cl)c(Cl)c2)cc2cc(Br)ccc21. The molecule has 1 aromatic heterocycles. The number of hydrogen-bond donors (Lipinski definition) is 3. The molecular formula is C19H15BrCl2N4O3. The molecule has 3 amide bonds. The minimum atomic E-state index is -0.893. The highest BCUT2D eigenvalue weighted by Crippen LogP contribution is 2.27. The standard InChI is InChI=1S/C19H15BrCl2N4O3/c1-2-23-18(28)19(29)25-26-15-6-3-11(20)7-10(15)8-16(26)17(27)24-12-4-5-13(21)14(22)9-12/h3-9H,2H2,1H3,(H,23,28)(H,24,27)(H,25,29). The van der Waals surface area contributed by atoms with Crippen molar-refractivity contribution >= 4 is 73.4 Å². The first-order valence-corrected chi connectivity index (χ1v) is 10.0. The van der Waals surface area contributed by atoms with Gasteiger partial charge in [0, 0.05) is 22.1 Å². The van der Waals surface area contributed by atoms with Gasteiger partial charge >= 0.3 is 11.8 Å². The van der Waals surface area contributed by atoms with Crippen LogP contribution in [0.4, 0.5) is 5.69 Å². The summed E-state index contributed by atoms with van der Waals surface area (Å²) < 4.78 is 2.07. The Morgan fingerprint density at radius 3 is 2.45 bits per heavy atom. The zero-order valence-electron chi connectivity index (χ0n) is 15.1. The Bertz CT molecular complexity index is 1130. The van der Waals surface area contributed by atoms with Gasteiger partial charge in [-0.05, 0) is 49.4 Å². The van der Waals surface area contributed by atoms with E-state index >= 15 is 0 Å². The van der Waals surface area contributed by atoms with Crippen molar-refractivity contribution in [2.24, 2.45) is 0 Å². The minimum Gasteiger partial charge on any atom is -0.348 e. The number of halogens is 3. The number of nitrogens with zero attached hydrogens (tertiary/aromatic N) is 1. The van der Waals surface area contributed by atoms with Crippen LogP contribution in [0, 0.1) is 0 Å². The summed E-state index contributed by atoms with van der Waals surface area (Å²) in [5.41, 5.74) is 3.57. The molecule has 0 saturated carbocycles. The van der Waals surface area contributed by atoms with Crippen LogP contribution < -0.4 is 16.1 Å². The molecule has 1 heterocycles. The first-order valence-electron chi connectivity index (χ1n) is 8.46. The van der Waals surface area contributed by atoms with E-state index in [0.717, 1.165) is 4.47 Å². The van der Waals surface area contributed by atoms with Crippen molar-refractivity contribution in [3.63, 3.8) is 0 Å². The van der Waals surface area contributed by atoms with Gasteiger partial charge in [-0.15, -0.1) is 0 Å². The number of aromatic nitrogens is 1. The maximum Gasteiger partial charge on any atom is 0.328 e. The summed E-state index contributed by atoms with van der Waals surface area (Å²) in [5, 5.41) is 6.46. The smallest absolute Gasteiger partial charge is 0.328 e. The van der Waals surface area contributed by atoms with E-state index in [1.54, 1.807) is 43.3 Å². The van der Waals surface area contributed by atoms with Gasteiger partial charge in [0.25, 0.3) is 5.91 Å². The number of anilines is 1. The van der Waals surface area contributed by atoms with E-state index < -0.39 is 17.7 Å². The molecule has 0 aliphatic heterocycles. The van der Waals surface area contributed by atoms with Crippen molar-refractivity contribution in [1.82, 2.24) is 9.99 Å². The zero-order valence-corrected chi connectivity index (χ0v) is 18.2. The number of nitrogens with one attached hydrogen (secondary N) is 3. The van der Waals surface area contributed by atoms with Gasteiger partial charge in [-0.2, -0.15) is 0 Å². The molecule has 10 heteroatoms. The second-order valence-electron chi connectivity index (χ2n) is 5.95. The third-order valence-electron chi connectivity index (χ3n) is 3.93. The van der Waals surface area contributed by atoms with E-state index in [4.69, 9.17) is 23.2 Å². The Morgan fingerprint density at radius 1 is 1.00 bits per heavy atom. The fourth-order valence-corrected chi connectivity index (χ4v) is 3.31. The third-order valence-corrected chi connectivity index (χ3v) is 5.16. The van der Waals surface area contributed by atoms with Crippen molar-refractivity contribution in [3.8, 4) is 0 Å². The number of likely N-dealkylation sites (N-methyl/N-ethyl adjacent to an activating group) is 1. The van der Waals surface area contributed by atoms with E-state index in [-0.39, 0.29) is 5.69 Å². The van der Waals surface area contributed by atoms with Crippen molar-refractivity contribution in [1.29, 1.82) is 0 Å². The van der Waals surface area contributed by atoms with Crippen LogP contribution in [0.1, 0.15) is 17.4 Å². The van der Waals surface area contributed by atoms with Crippen LogP contribution in [0.15, 0.2) is 46.9 Å². The van der Waals surface area contributed by atoms with Gasteiger partial charge in [0.1, 0.15) is 5.69 Å². The molecule has 0 unspecified atom stereocenters. The number of carbonyl (C=O) groups excluding carboxylic acids is 3. The number of benzene rings is 2. The molecule has 0 fully saturated rings. The largest absolute Gasteiger partial charge is 0.348 e. The predicted octanol–water partition coefficient (Wildman–Crippen LogP) is 4.17. The summed E-state index contributed by atoms with van der Waals surface area (Å²) in [5.74, 6) is -2.20. The first-order chi connectivity index (χ1) is 13.8. The topological polar surface area (TPSA) is 92.2 Å². The second kappa shape index (κ2) is 8.86. The lowest BCUT2D eigenvalue weighted by atomic mass is 10.2.